The maximum absolute atomic E-state index is 11.1. The third-order valence-electron chi connectivity index (χ3n) is 3.81. The molecule has 1 aliphatic heterocycles. The molecule has 5 nitrogen and oxygen atoms in total. The van der Waals surface area contributed by atoms with Gasteiger partial charge in [0.2, 0.25) is 0 Å². The summed E-state index contributed by atoms with van der Waals surface area (Å²) < 4.78 is 1.91. The Morgan fingerprint density at radius 1 is 1.67 bits per heavy atom. The highest BCUT2D eigenvalue weighted by Gasteiger charge is 2.28. The molecule has 2 heterocycles. The van der Waals surface area contributed by atoms with Gasteiger partial charge < -0.3 is 5.11 Å². The fraction of sp³-hybridized carbons (Fsp3) is 0.692. The summed E-state index contributed by atoms with van der Waals surface area (Å²) in [6.45, 7) is 6.67. The minimum atomic E-state index is -0.670. The van der Waals surface area contributed by atoms with Crippen molar-refractivity contribution in [1.82, 2.24) is 14.7 Å². The van der Waals surface area contributed by atoms with Crippen molar-refractivity contribution in [2.75, 3.05) is 13.1 Å². The van der Waals surface area contributed by atoms with Gasteiger partial charge in [0.1, 0.15) is 0 Å². The summed E-state index contributed by atoms with van der Waals surface area (Å²) in [6, 6.07) is 0.243. The zero-order chi connectivity index (χ0) is 13.1. The summed E-state index contributed by atoms with van der Waals surface area (Å²) >= 11 is 0. The number of carbonyl (C=O) groups is 1. The van der Waals surface area contributed by atoms with Crippen molar-refractivity contribution in [3.63, 3.8) is 0 Å². The molecule has 100 valence electrons. The Bertz CT molecular complexity index is 416. The molecule has 0 saturated carbocycles. The number of aryl methyl sites for hydroxylation is 1. The van der Waals surface area contributed by atoms with E-state index in [-0.39, 0.29) is 12.0 Å². The van der Waals surface area contributed by atoms with E-state index in [1.54, 1.807) is 0 Å². The summed E-state index contributed by atoms with van der Waals surface area (Å²) in [5.41, 5.74) is 1.17. The van der Waals surface area contributed by atoms with Crippen molar-refractivity contribution >= 4 is 5.97 Å². The maximum Gasteiger partial charge on any atom is 0.307 e. The minimum absolute atomic E-state index is 0.220. The van der Waals surface area contributed by atoms with Crippen LogP contribution >= 0.6 is 0 Å². The van der Waals surface area contributed by atoms with Crippen LogP contribution in [0.25, 0.3) is 0 Å². The third-order valence-corrected chi connectivity index (χ3v) is 3.81. The van der Waals surface area contributed by atoms with E-state index < -0.39 is 5.97 Å². The van der Waals surface area contributed by atoms with E-state index in [0.29, 0.717) is 6.54 Å². The largest absolute Gasteiger partial charge is 0.481 e. The highest BCUT2D eigenvalue weighted by Crippen LogP contribution is 2.26. The summed E-state index contributed by atoms with van der Waals surface area (Å²) in [7, 11) is 0. The van der Waals surface area contributed by atoms with Gasteiger partial charge in [0.15, 0.2) is 0 Å². The van der Waals surface area contributed by atoms with Crippen LogP contribution in [0.1, 0.15) is 38.3 Å². The Balaban J connectivity index is 2.03. The van der Waals surface area contributed by atoms with Gasteiger partial charge in [0.25, 0.3) is 0 Å². The minimum Gasteiger partial charge on any atom is -0.481 e. The van der Waals surface area contributed by atoms with Crippen LogP contribution in [0.15, 0.2) is 12.4 Å². The zero-order valence-corrected chi connectivity index (χ0v) is 11.0. The molecule has 0 amide bonds. The van der Waals surface area contributed by atoms with Crippen LogP contribution in [0.5, 0.6) is 0 Å². The number of hydrogen-bond acceptors (Lipinski definition) is 3. The molecular formula is C13H21N3O2. The molecule has 2 unspecified atom stereocenters. The molecule has 0 radical (unpaired) electrons. The summed E-state index contributed by atoms with van der Waals surface area (Å²) in [6.07, 6.45) is 5.70. The molecule has 1 N–H and O–H groups in total. The number of carboxylic acid groups (broad SMARTS) is 1. The molecule has 18 heavy (non-hydrogen) atoms. The van der Waals surface area contributed by atoms with E-state index in [0.717, 1.165) is 25.9 Å². The first-order valence-electron chi connectivity index (χ1n) is 6.61. The lowest BCUT2D eigenvalue weighted by atomic mass is 9.96. The second kappa shape index (κ2) is 5.52. The van der Waals surface area contributed by atoms with Crippen molar-refractivity contribution in [3.05, 3.63) is 18.0 Å². The molecule has 0 aliphatic carbocycles. The van der Waals surface area contributed by atoms with Crippen LogP contribution < -0.4 is 0 Å². The van der Waals surface area contributed by atoms with Crippen LogP contribution in [0.2, 0.25) is 0 Å². The summed E-state index contributed by atoms with van der Waals surface area (Å²) in [5, 5.41) is 13.4. The molecule has 1 fully saturated rings. The first-order chi connectivity index (χ1) is 8.61. The summed E-state index contributed by atoms with van der Waals surface area (Å²) in [4.78, 5) is 13.3. The second-order valence-corrected chi connectivity index (χ2v) is 4.98. The normalized spacial score (nSPS) is 22.9. The number of likely N-dealkylation sites (tertiary alicyclic amines) is 1. The van der Waals surface area contributed by atoms with Gasteiger partial charge in [-0.2, -0.15) is 5.10 Å². The van der Waals surface area contributed by atoms with Crippen molar-refractivity contribution < 1.29 is 9.90 Å². The molecule has 0 bridgehead atoms. The number of piperidine rings is 1. The lowest BCUT2D eigenvalue weighted by Crippen LogP contribution is -2.39. The van der Waals surface area contributed by atoms with Crippen LogP contribution in [0.3, 0.4) is 0 Å². The van der Waals surface area contributed by atoms with Gasteiger partial charge in [-0.15, -0.1) is 0 Å². The van der Waals surface area contributed by atoms with Crippen LogP contribution in [-0.2, 0) is 11.3 Å². The van der Waals surface area contributed by atoms with Crippen molar-refractivity contribution in [2.45, 2.75) is 39.3 Å². The Labute approximate surface area is 107 Å². The highest BCUT2D eigenvalue weighted by atomic mass is 16.4. The smallest absolute Gasteiger partial charge is 0.307 e. The molecule has 0 spiro atoms. The van der Waals surface area contributed by atoms with Gasteiger partial charge in [0, 0.05) is 30.9 Å². The van der Waals surface area contributed by atoms with Gasteiger partial charge >= 0.3 is 5.97 Å². The van der Waals surface area contributed by atoms with Gasteiger partial charge in [0.05, 0.1) is 12.1 Å². The second-order valence-electron chi connectivity index (χ2n) is 4.98. The number of rotatable bonds is 4. The molecule has 2 atom stereocenters. The maximum atomic E-state index is 11.1. The van der Waals surface area contributed by atoms with E-state index in [4.69, 9.17) is 5.11 Å². The molecule has 1 aromatic rings. The van der Waals surface area contributed by atoms with E-state index in [1.807, 2.05) is 10.9 Å². The van der Waals surface area contributed by atoms with Crippen LogP contribution in [0.4, 0.5) is 0 Å². The van der Waals surface area contributed by atoms with Gasteiger partial charge in [-0.25, -0.2) is 0 Å². The SMILES string of the molecule is CCn1cc(C(C)N2CCCC(C(=O)O)C2)cn1. The van der Waals surface area contributed by atoms with Gasteiger partial charge in [-0.3, -0.25) is 14.4 Å². The summed E-state index contributed by atoms with van der Waals surface area (Å²) in [5.74, 6) is -0.890. The molecule has 1 saturated heterocycles. The lowest BCUT2D eigenvalue weighted by molar-refractivity contribution is -0.143. The monoisotopic (exact) mass is 251 g/mol. The van der Waals surface area contributed by atoms with Gasteiger partial charge in [-0.1, -0.05) is 0 Å². The fourth-order valence-electron chi connectivity index (χ4n) is 2.54. The standard InChI is InChI=1S/C13H21N3O2/c1-3-16-9-12(7-14-16)10(2)15-6-4-5-11(8-15)13(17)18/h7,9-11H,3-6,8H2,1-2H3,(H,17,18). The Hall–Kier alpha value is -1.36. The first kappa shape index (κ1) is 13.1. The third kappa shape index (κ3) is 2.72. The highest BCUT2D eigenvalue weighted by molar-refractivity contribution is 5.70. The lowest BCUT2D eigenvalue weighted by Gasteiger charge is -2.34. The van der Waals surface area contributed by atoms with Crippen LogP contribution in [-0.4, -0.2) is 38.8 Å². The van der Waals surface area contributed by atoms with Crippen molar-refractivity contribution in [1.29, 1.82) is 0 Å². The molecular weight excluding hydrogens is 230 g/mol. The zero-order valence-electron chi connectivity index (χ0n) is 11.0. The van der Waals surface area contributed by atoms with E-state index in [1.165, 1.54) is 5.56 Å². The van der Waals surface area contributed by atoms with E-state index >= 15 is 0 Å². The average Bonchev–Trinajstić information content (AvgIpc) is 2.86. The Morgan fingerprint density at radius 3 is 3.06 bits per heavy atom. The Kier molecular flexibility index (Phi) is 4.01. The number of carboxylic acids is 1. The Morgan fingerprint density at radius 2 is 2.44 bits per heavy atom. The quantitative estimate of drug-likeness (QED) is 0.886. The molecule has 2 rings (SSSR count). The van der Waals surface area contributed by atoms with Crippen LogP contribution in [0, 0.1) is 5.92 Å². The molecule has 0 aromatic carbocycles. The first-order valence-corrected chi connectivity index (χ1v) is 6.61. The number of aromatic nitrogens is 2. The van der Waals surface area contributed by atoms with E-state index in [2.05, 4.69) is 30.0 Å². The number of hydrogen-bond donors (Lipinski definition) is 1. The van der Waals surface area contributed by atoms with Crippen molar-refractivity contribution in [2.24, 2.45) is 5.92 Å². The topological polar surface area (TPSA) is 58.4 Å². The molecule has 1 aromatic heterocycles. The molecule has 5 heteroatoms. The number of aliphatic carboxylic acids is 1. The van der Waals surface area contributed by atoms with E-state index in [9.17, 15) is 4.79 Å². The fourth-order valence-corrected chi connectivity index (χ4v) is 2.54. The number of nitrogens with zero attached hydrogens (tertiary/aromatic N) is 3. The van der Waals surface area contributed by atoms with Gasteiger partial charge in [-0.05, 0) is 33.2 Å². The molecule has 1 aliphatic rings. The van der Waals surface area contributed by atoms with Crippen molar-refractivity contribution in [3.8, 4) is 0 Å². The predicted octanol–water partition coefficient (Wildman–Crippen LogP) is 1.76. The average molecular weight is 251 g/mol. The predicted molar refractivity (Wildman–Crippen MR) is 68.2 cm³/mol.